The fraction of sp³-hybridized carbons (Fsp3) is 0. The number of rotatable bonds is 1. The van der Waals surface area contributed by atoms with Crippen molar-refractivity contribution in [3.63, 3.8) is 0 Å². The molecule has 4 rings (SSSR count). The number of nitrogens with zero attached hydrogens (tertiary/aromatic N) is 2. The van der Waals surface area contributed by atoms with Gasteiger partial charge in [-0.25, -0.2) is 4.98 Å². The van der Waals surface area contributed by atoms with Crippen LogP contribution in [-0.2, 0) is 0 Å². The summed E-state index contributed by atoms with van der Waals surface area (Å²) in [5.74, 6) is 0. The summed E-state index contributed by atoms with van der Waals surface area (Å²) >= 11 is 0. The first kappa shape index (κ1) is 10.3. The Labute approximate surface area is 109 Å². The minimum atomic E-state index is 0.788. The number of benzene rings is 2. The molecule has 90 valence electrons. The minimum Gasteiger partial charge on any atom is -0.460 e. The number of aromatic nitrogens is 2. The standard InChI is InChI=1S/C16H10N2O/c1-2-4-11(5-3-1)13-10-14-12(6-7-17-14)16-15(13)18-8-9-19-16/h1-10H. The molecule has 0 bridgehead atoms. The summed E-state index contributed by atoms with van der Waals surface area (Å²) in [5, 5.41) is 1.00. The molecule has 0 aliphatic rings. The number of hydrogen-bond donors (Lipinski definition) is 0. The van der Waals surface area contributed by atoms with Crippen LogP contribution in [0.5, 0.6) is 0 Å². The van der Waals surface area contributed by atoms with Crippen LogP contribution in [0.3, 0.4) is 0 Å². The fourth-order valence-corrected chi connectivity index (χ4v) is 2.40. The summed E-state index contributed by atoms with van der Waals surface area (Å²) in [6.07, 6.45) is 5.07. The van der Waals surface area contributed by atoms with Crippen LogP contribution in [0, 0.1) is 0 Å². The second kappa shape index (κ2) is 3.92. The van der Waals surface area contributed by atoms with Gasteiger partial charge in [0.05, 0.1) is 11.7 Å². The zero-order valence-electron chi connectivity index (χ0n) is 10.1. The van der Waals surface area contributed by atoms with Crippen molar-refractivity contribution in [2.45, 2.75) is 0 Å². The largest absolute Gasteiger partial charge is 0.460 e. The molecule has 0 N–H and O–H groups in total. The number of fused-ring (bicyclic) bond motifs is 3. The molecule has 3 heteroatoms. The second-order valence-corrected chi connectivity index (χ2v) is 4.38. The van der Waals surface area contributed by atoms with Crippen LogP contribution in [-0.4, -0.2) is 9.97 Å². The van der Waals surface area contributed by atoms with Gasteiger partial charge in [0.15, 0.2) is 5.58 Å². The minimum absolute atomic E-state index is 0.788. The fourth-order valence-electron chi connectivity index (χ4n) is 2.40. The van der Waals surface area contributed by atoms with Crippen molar-refractivity contribution in [2.75, 3.05) is 0 Å². The highest BCUT2D eigenvalue weighted by atomic mass is 16.3. The van der Waals surface area contributed by atoms with Crippen molar-refractivity contribution in [3.8, 4) is 11.1 Å². The van der Waals surface area contributed by atoms with Gasteiger partial charge < -0.3 is 4.42 Å². The Hall–Kier alpha value is -2.68. The van der Waals surface area contributed by atoms with Gasteiger partial charge in [-0.15, -0.1) is 0 Å². The molecule has 0 amide bonds. The quantitative estimate of drug-likeness (QED) is 0.508. The van der Waals surface area contributed by atoms with E-state index in [1.54, 1.807) is 18.7 Å². The predicted octanol–water partition coefficient (Wildman–Crippen LogP) is 4.04. The van der Waals surface area contributed by atoms with E-state index in [-0.39, 0.29) is 0 Å². The van der Waals surface area contributed by atoms with Gasteiger partial charge in [-0.3, -0.25) is 4.98 Å². The van der Waals surface area contributed by atoms with Gasteiger partial charge in [0.1, 0.15) is 11.8 Å². The maximum Gasteiger partial charge on any atom is 0.162 e. The van der Waals surface area contributed by atoms with Crippen molar-refractivity contribution >= 4 is 22.0 Å². The molecule has 2 aromatic heterocycles. The summed E-state index contributed by atoms with van der Waals surface area (Å²) in [4.78, 5) is 8.83. The van der Waals surface area contributed by atoms with E-state index < -0.39 is 0 Å². The first-order chi connectivity index (χ1) is 9.43. The summed E-state index contributed by atoms with van der Waals surface area (Å²) < 4.78 is 5.64. The molecule has 0 saturated heterocycles. The zero-order chi connectivity index (χ0) is 12.7. The van der Waals surface area contributed by atoms with Gasteiger partial charge in [0.25, 0.3) is 0 Å². The Morgan fingerprint density at radius 1 is 0.895 bits per heavy atom. The molecule has 19 heavy (non-hydrogen) atoms. The molecular weight excluding hydrogens is 236 g/mol. The summed E-state index contributed by atoms with van der Waals surface area (Å²) in [6, 6.07) is 14.2. The monoisotopic (exact) mass is 246 g/mol. The SMILES string of the molecule is c1ccc(-c2cc3nccc3c3occnc23)cc1. The van der Waals surface area contributed by atoms with E-state index in [0.717, 1.165) is 33.1 Å². The lowest BCUT2D eigenvalue weighted by Crippen LogP contribution is -1.85. The van der Waals surface area contributed by atoms with Crippen LogP contribution in [0.25, 0.3) is 33.1 Å². The molecule has 4 aromatic rings. The van der Waals surface area contributed by atoms with Gasteiger partial charge in [0, 0.05) is 17.1 Å². The van der Waals surface area contributed by atoms with Crippen LogP contribution < -0.4 is 0 Å². The third-order valence-corrected chi connectivity index (χ3v) is 3.26. The smallest absolute Gasteiger partial charge is 0.162 e. The highest BCUT2D eigenvalue weighted by Crippen LogP contribution is 2.32. The Morgan fingerprint density at radius 3 is 2.68 bits per heavy atom. The van der Waals surface area contributed by atoms with Crippen LogP contribution in [0.4, 0.5) is 0 Å². The molecule has 0 radical (unpaired) electrons. The van der Waals surface area contributed by atoms with E-state index >= 15 is 0 Å². The number of hydrogen-bond acceptors (Lipinski definition) is 3. The second-order valence-electron chi connectivity index (χ2n) is 4.38. The van der Waals surface area contributed by atoms with E-state index in [2.05, 4.69) is 28.2 Å². The molecule has 3 nitrogen and oxygen atoms in total. The van der Waals surface area contributed by atoms with Crippen molar-refractivity contribution in [1.29, 1.82) is 0 Å². The molecular formula is C16H10N2O. The van der Waals surface area contributed by atoms with Gasteiger partial charge in [0.2, 0.25) is 0 Å². The van der Waals surface area contributed by atoms with Crippen molar-refractivity contribution in [3.05, 3.63) is 61.1 Å². The van der Waals surface area contributed by atoms with Gasteiger partial charge in [-0.05, 0) is 17.7 Å². The molecule has 0 saturated carbocycles. The molecule has 0 unspecified atom stereocenters. The first-order valence-corrected chi connectivity index (χ1v) is 6.10. The van der Waals surface area contributed by atoms with Crippen LogP contribution in [0.2, 0.25) is 0 Å². The summed E-state index contributed by atoms with van der Waals surface area (Å²) in [6.45, 7) is 0. The first-order valence-electron chi connectivity index (χ1n) is 6.10. The lowest BCUT2D eigenvalue weighted by atomic mass is 10.0. The average Bonchev–Trinajstić information content (AvgIpc) is 2.96. The van der Waals surface area contributed by atoms with Gasteiger partial charge in [-0.2, -0.15) is 0 Å². The van der Waals surface area contributed by atoms with Crippen LogP contribution >= 0.6 is 0 Å². The third-order valence-electron chi connectivity index (χ3n) is 3.26. The Balaban J connectivity index is 2.19. The molecule has 2 aromatic carbocycles. The average molecular weight is 246 g/mol. The topological polar surface area (TPSA) is 38.9 Å². The summed E-state index contributed by atoms with van der Waals surface area (Å²) in [7, 11) is 0. The Morgan fingerprint density at radius 2 is 1.79 bits per heavy atom. The lowest BCUT2D eigenvalue weighted by Gasteiger charge is -2.06. The lowest BCUT2D eigenvalue weighted by molar-refractivity contribution is 0.601. The molecule has 0 spiro atoms. The third kappa shape index (κ3) is 1.52. The van der Waals surface area contributed by atoms with E-state index in [4.69, 9.17) is 4.42 Å². The van der Waals surface area contributed by atoms with E-state index in [1.807, 2.05) is 24.3 Å². The van der Waals surface area contributed by atoms with E-state index in [1.165, 1.54) is 0 Å². The predicted molar refractivity (Wildman–Crippen MR) is 74.7 cm³/mol. The van der Waals surface area contributed by atoms with Crippen LogP contribution in [0.15, 0.2) is 65.5 Å². The van der Waals surface area contributed by atoms with Crippen molar-refractivity contribution < 1.29 is 4.42 Å². The molecule has 0 aliphatic carbocycles. The molecule has 0 atom stereocenters. The maximum absolute atomic E-state index is 5.64. The van der Waals surface area contributed by atoms with Crippen molar-refractivity contribution in [1.82, 2.24) is 9.97 Å². The van der Waals surface area contributed by atoms with Gasteiger partial charge >= 0.3 is 0 Å². The normalized spacial score (nSPS) is 11.2. The Kier molecular flexibility index (Phi) is 2.12. The molecule has 2 heterocycles. The van der Waals surface area contributed by atoms with E-state index in [9.17, 15) is 0 Å². The molecule has 0 aliphatic heterocycles. The maximum atomic E-state index is 5.64. The molecule has 0 fully saturated rings. The zero-order valence-corrected chi connectivity index (χ0v) is 10.1. The van der Waals surface area contributed by atoms with Gasteiger partial charge in [-0.1, -0.05) is 30.3 Å². The highest BCUT2D eigenvalue weighted by Gasteiger charge is 2.11. The summed E-state index contributed by atoms with van der Waals surface area (Å²) in [5.41, 5.74) is 4.76. The van der Waals surface area contributed by atoms with E-state index in [0.29, 0.717) is 0 Å². The Bertz CT molecular complexity index is 866. The highest BCUT2D eigenvalue weighted by molar-refractivity contribution is 6.08. The van der Waals surface area contributed by atoms with Crippen molar-refractivity contribution in [2.24, 2.45) is 0 Å². The van der Waals surface area contributed by atoms with Crippen LogP contribution in [0.1, 0.15) is 0 Å².